The Bertz CT molecular complexity index is 1130. The van der Waals surface area contributed by atoms with Gasteiger partial charge in [-0.1, -0.05) is 30.3 Å². The second-order valence-electron chi connectivity index (χ2n) is 5.37. The van der Waals surface area contributed by atoms with Gasteiger partial charge < -0.3 is 0 Å². The molecule has 1 N–H and O–H groups in total. The van der Waals surface area contributed by atoms with E-state index in [9.17, 15) is 18.0 Å². The lowest BCUT2D eigenvalue weighted by molar-refractivity contribution is -0.137. The van der Waals surface area contributed by atoms with Crippen molar-refractivity contribution in [1.82, 2.24) is 14.8 Å². The van der Waals surface area contributed by atoms with Gasteiger partial charge >= 0.3 is 6.18 Å². The molecular formula is C17H10F3N3O. The Morgan fingerprint density at radius 2 is 1.83 bits per heavy atom. The van der Waals surface area contributed by atoms with Crippen LogP contribution >= 0.6 is 0 Å². The lowest BCUT2D eigenvalue weighted by Crippen LogP contribution is -2.15. The van der Waals surface area contributed by atoms with Crippen LogP contribution in [0.15, 0.2) is 59.5 Å². The zero-order chi connectivity index (χ0) is 16.9. The van der Waals surface area contributed by atoms with Crippen LogP contribution in [0.25, 0.3) is 27.5 Å². The number of hydrogen-bond acceptors (Lipinski definition) is 2. The van der Waals surface area contributed by atoms with Crippen molar-refractivity contribution >= 4 is 21.8 Å². The molecule has 0 atom stereocenters. The van der Waals surface area contributed by atoms with Crippen molar-refractivity contribution in [3.63, 3.8) is 0 Å². The number of nitrogens with one attached hydrogen (secondary N) is 1. The molecule has 0 aliphatic rings. The average Bonchev–Trinajstić information content (AvgIpc) is 2.92. The van der Waals surface area contributed by atoms with Crippen molar-refractivity contribution in [2.45, 2.75) is 6.18 Å². The summed E-state index contributed by atoms with van der Waals surface area (Å²) in [6, 6.07) is 11.9. The van der Waals surface area contributed by atoms with Gasteiger partial charge in [-0.15, -0.1) is 0 Å². The van der Waals surface area contributed by atoms with Gasteiger partial charge in [0.25, 0.3) is 5.56 Å². The molecule has 2 aromatic carbocycles. The second-order valence-corrected chi connectivity index (χ2v) is 5.37. The van der Waals surface area contributed by atoms with Crippen molar-refractivity contribution in [2.24, 2.45) is 0 Å². The van der Waals surface area contributed by atoms with E-state index in [1.807, 2.05) is 24.3 Å². The molecule has 0 amide bonds. The molecule has 7 heteroatoms. The Morgan fingerprint density at radius 1 is 1.04 bits per heavy atom. The summed E-state index contributed by atoms with van der Waals surface area (Å²) in [5.41, 5.74) is -0.517. The third-order valence-corrected chi connectivity index (χ3v) is 3.86. The van der Waals surface area contributed by atoms with E-state index < -0.39 is 17.3 Å². The van der Waals surface area contributed by atoms with Gasteiger partial charge in [0.1, 0.15) is 0 Å². The molecule has 4 nitrogen and oxygen atoms in total. The number of alkyl halides is 3. The van der Waals surface area contributed by atoms with E-state index in [-0.39, 0.29) is 11.2 Å². The molecular weight excluding hydrogens is 319 g/mol. The first-order valence-corrected chi connectivity index (χ1v) is 7.11. The molecule has 0 saturated heterocycles. The monoisotopic (exact) mass is 329 g/mol. The molecule has 0 unspecified atom stereocenters. The minimum atomic E-state index is -4.48. The number of pyridine rings is 1. The lowest BCUT2D eigenvalue weighted by atomic mass is 10.1. The third kappa shape index (κ3) is 2.17. The predicted octanol–water partition coefficient (Wildman–Crippen LogP) is 3.89. The molecule has 0 saturated carbocycles. The fourth-order valence-corrected chi connectivity index (χ4v) is 2.71. The molecule has 0 bridgehead atoms. The highest BCUT2D eigenvalue weighted by Gasteiger charge is 2.30. The third-order valence-electron chi connectivity index (χ3n) is 3.86. The van der Waals surface area contributed by atoms with E-state index in [4.69, 9.17) is 0 Å². The van der Waals surface area contributed by atoms with Crippen molar-refractivity contribution in [1.29, 1.82) is 0 Å². The van der Waals surface area contributed by atoms with E-state index in [1.165, 1.54) is 12.1 Å². The lowest BCUT2D eigenvalue weighted by Gasteiger charge is -2.08. The summed E-state index contributed by atoms with van der Waals surface area (Å²) in [6.07, 6.45) is -2.90. The topological polar surface area (TPSA) is 50.7 Å². The molecule has 4 rings (SSSR count). The van der Waals surface area contributed by atoms with Crippen LogP contribution in [0.3, 0.4) is 0 Å². The van der Waals surface area contributed by atoms with Crippen LogP contribution in [0.2, 0.25) is 0 Å². The number of rotatable bonds is 1. The molecule has 0 aliphatic carbocycles. The first-order valence-electron chi connectivity index (χ1n) is 7.11. The largest absolute Gasteiger partial charge is 0.416 e. The highest BCUT2D eigenvalue weighted by Crippen LogP contribution is 2.30. The number of nitrogens with zero attached hydrogens (tertiary/aromatic N) is 2. The number of H-pyrrole nitrogens is 1. The summed E-state index contributed by atoms with van der Waals surface area (Å²) < 4.78 is 39.7. The maximum Gasteiger partial charge on any atom is 0.416 e. The van der Waals surface area contributed by atoms with Gasteiger partial charge in [-0.3, -0.25) is 9.89 Å². The Morgan fingerprint density at radius 3 is 2.62 bits per heavy atom. The Balaban J connectivity index is 2.00. The zero-order valence-electron chi connectivity index (χ0n) is 12.1. The van der Waals surface area contributed by atoms with E-state index in [0.717, 1.165) is 27.6 Å². The first-order chi connectivity index (χ1) is 11.4. The number of fused-ring (bicyclic) bond motifs is 3. The van der Waals surface area contributed by atoms with Crippen LogP contribution in [0, 0.1) is 0 Å². The molecule has 4 aromatic rings. The maximum atomic E-state index is 12.9. The highest BCUT2D eigenvalue weighted by molar-refractivity contribution is 6.02. The van der Waals surface area contributed by atoms with Gasteiger partial charge in [-0.2, -0.15) is 13.2 Å². The van der Waals surface area contributed by atoms with E-state index in [0.29, 0.717) is 5.52 Å². The molecule has 0 radical (unpaired) electrons. The molecule has 0 fully saturated rings. The molecule has 2 heterocycles. The minimum Gasteiger partial charge on any atom is -0.288 e. The van der Waals surface area contributed by atoms with Crippen molar-refractivity contribution in [3.8, 4) is 5.69 Å². The Kier molecular flexibility index (Phi) is 2.99. The van der Waals surface area contributed by atoms with Crippen molar-refractivity contribution in [2.75, 3.05) is 0 Å². The van der Waals surface area contributed by atoms with Gasteiger partial charge in [-0.05, 0) is 18.2 Å². The molecule has 0 aliphatic heterocycles. The normalized spacial score (nSPS) is 12.1. The molecule has 0 spiro atoms. The minimum absolute atomic E-state index is 0.108. The van der Waals surface area contributed by atoms with Crippen LogP contribution in [0.1, 0.15) is 5.56 Å². The van der Waals surface area contributed by atoms with Gasteiger partial charge in [0.05, 0.1) is 16.8 Å². The number of benzene rings is 2. The second kappa shape index (κ2) is 4.95. The summed E-state index contributed by atoms with van der Waals surface area (Å²) in [7, 11) is 0. The number of hydrogen-bond donors (Lipinski definition) is 1. The Labute approximate surface area is 133 Å². The number of aromatic amines is 1. The number of halogens is 3. The summed E-state index contributed by atoms with van der Waals surface area (Å²) in [5.74, 6) is 0. The summed E-state index contributed by atoms with van der Waals surface area (Å²) >= 11 is 0. The van der Waals surface area contributed by atoms with Gasteiger partial charge in [0.2, 0.25) is 0 Å². The van der Waals surface area contributed by atoms with Crippen LogP contribution in [0.4, 0.5) is 13.2 Å². The first kappa shape index (κ1) is 14.5. The summed E-state index contributed by atoms with van der Waals surface area (Å²) in [4.78, 5) is 16.7. The zero-order valence-corrected chi connectivity index (χ0v) is 12.1. The van der Waals surface area contributed by atoms with E-state index >= 15 is 0 Å². The van der Waals surface area contributed by atoms with Crippen molar-refractivity contribution in [3.05, 3.63) is 70.6 Å². The predicted molar refractivity (Wildman–Crippen MR) is 84.2 cm³/mol. The number of aromatic nitrogens is 3. The summed E-state index contributed by atoms with van der Waals surface area (Å²) in [5, 5.41) is 4.49. The van der Waals surface area contributed by atoms with Crippen LogP contribution < -0.4 is 5.56 Å². The van der Waals surface area contributed by atoms with E-state index in [1.54, 1.807) is 6.20 Å². The summed E-state index contributed by atoms with van der Waals surface area (Å²) in [6.45, 7) is 0. The van der Waals surface area contributed by atoms with Crippen LogP contribution in [-0.4, -0.2) is 14.8 Å². The van der Waals surface area contributed by atoms with Crippen LogP contribution in [0.5, 0.6) is 0 Å². The molecule has 120 valence electrons. The molecule has 2 aromatic heterocycles. The standard InChI is InChI=1S/C17H10F3N3O/c18-17(19,20)11-5-3-6-12(8-11)23-16(24)15-14(22-23)13-7-2-1-4-10(13)9-21-15/h1-9,22H. The average molecular weight is 329 g/mol. The smallest absolute Gasteiger partial charge is 0.288 e. The van der Waals surface area contributed by atoms with Crippen molar-refractivity contribution < 1.29 is 13.2 Å². The van der Waals surface area contributed by atoms with Gasteiger partial charge in [0.15, 0.2) is 5.52 Å². The van der Waals surface area contributed by atoms with E-state index in [2.05, 4.69) is 10.1 Å². The SMILES string of the molecule is O=c1c2ncc3ccccc3c2[nH]n1-c1cccc(C(F)(F)F)c1. The highest BCUT2D eigenvalue weighted by atomic mass is 19.4. The fraction of sp³-hybridized carbons (Fsp3) is 0.0588. The quantitative estimate of drug-likeness (QED) is 0.576. The maximum absolute atomic E-state index is 12.9. The molecule has 24 heavy (non-hydrogen) atoms. The fourth-order valence-electron chi connectivity index (χ4n) is 2.71. The van der Waals surface area contributed by atoms with Crippen LogP contribution in [-0.2, 0) is 6.18 Å². The Hall–Kier alpha value is -3.09. The van der Waals surface area contributed by atoms with Gasteiger partial charge in [0, 0.05) is 17.0 Å². The van der Waals surface area contributed by atoms with Gasteiger partial charge in [-0.25, -0.2) is 9.67 Å².